The van der Waals surface area contributed by atoms with Crippen molar-refractivity contribution in [2.24, 2.45) is 0 Å². The molecule has 140 valence electrons. The van der Waals surface area contributed by atoms with Crippen LogP contribution in [0.4, 0.5) is 0 Å². The van der Waals surface area contributed by atoms with Crippen LogP contribution in [-0.4, -0.2) is 25.1 Å². The molecule has 1 N–H and O–H groups in total. The van der Waals surface area contributed by atoms with Gasteiger partial charge in [0.1, 0.15) is 0 Å². The fourth-order valence-electron chi connectivity index (χ4n) is 2.62. The van der Waals surface area contributed by atoms with Gasteiger partial charge in [-0.25, -0.2) is 8.42 Å². The standard InChI is InChI=1S/C20H26N2O3S/c1-15(2)18-6-8-19(9-7-18)16(3)22-20(23)10-12-26(24,25)14-17-5-4-11-21-13-17/h4-9,11,13,15-16H,10,12,14H2,1-3H3,(H,22,23)/t16-/m0/s1. The molecule has 6 heteroatoms. The van der Waals surface area contributed by atoms with Gasteiger partial charge in [-0.1, -0.05) is 44.2 Å². The summed E-state index contributed by atoms with van der Waals surface area (Å²) < 4.78 is 24.3. The molecule has 26 heavy (non-hydrogen) atoms. The highest BCUT2D eigenvalue weighted by atomic mass is 32.2. The van der Waals surface area contributed by atoms with E-state index in [1.54, 1.807) is 18.3 Å². The highest BCUT2D eigenvalue weighted by Crippen LogP contribution is 2.18. The molecule has 0 saturated carbocycles. The van der Waals surface area contributed by atoms with Gasteiger partial charge in [0, 0.05) is 18.8 Å². The second-order valence-electron chi connectivity index (χ2n) is 6.81. The lowest BCUT2D eigenvalue weighted by Crippen LogP contribution is -2.28. The molecule has 1 atom stereocenters. The predicted molar refractivity (Wildman–Crippen MR) is 103 cm³/mol. The number of hydrogen-bond donors (Lipinski definition) is 1. The Labute approximate surface area is 155 Å². The van der Waals surface area contributed by atoms with Gasteiger partial charge in [-0.2, -0.15) is 0 Å². The van der Waals surface area contributed by atoms with Gasteiger partial charge in [0.2, 0.25) is 5.91 Å². The average Bonchev–Trinajstić information content (AvgIpc) is 2.60. The molecule has 0 saturated heterocycles. The maximum atomic E-state index is 12.2. The van der Waals surface area contributed by atoms with Crippen LogP contribution in [0.3, 0.4) is 0 Å². The minimum atomic E-state index is -3.35. The zero-order chi connectivity index (χ0) is 19.2. The first-order valence-electron chi connectivity index (χ1n) is 8.75. The molecular formula is C20H26N2O3S. The van der Waals surface area contributed by atoms with E-state index in [-0.39, 0.29) is 29.9 Å². The SMILES string of the molecule is CC(C)c1ccc([C@H](C)NC(=O)CCS(=O)(=O)Cc2cccnc2)cc1. The largest absolute Gasteiger partial charge is 0.350 e. The number of nitrogens with zero attached hydrogens (tertiary/aromatic N) is 1. The number of benzene rings is 1. The molecule has 1 amide bonds. The summed E-state index contributed by atoms with van der Waals surface area (Å²) in [5.41, 5.74) is 2.88. The van der Waals surface area contributed by atoms with Gasteiger partial charge in [0.25, 0.3) is 0 Å². The normalized spacial score (nSPS) is 12.8. The van der Waals surface area contributed by atoms with Gasteiger partial charge in [-0.05, 0) is 35.6 Å². The third-order valence-corrected chi connectivity index (χ3v) is 5.83. The molecule has 0 fully saturated rings. The van der Waals surface area contributed by atoms with Crippen LogP contribution < -0.4 is 5.32 Å². The number of carbonyl (C=O) groups is 1. The summed E-state index contributed by atoms with van der Waals surface area (Å²) in [6.45, 7) is 6.16. The Bertz CT molecular complexity index is 816. The van der Waals surface area contributed by atoms with Crippen LogP contribution in [0.5, 0.6) is 0 Å². The Kier molecular flexibility index (Phi) is 6.91. The van der Waals surface area contributed by atoms with Gasteiger partial charge < -0.3 is 5.32 Å². The minimum absolute atomic E-state index is 0.0446. The van der Waals surface area contributed by atoms with Gasteiger partial charge >= 0.3 is 0 Å². The number of hydrogen-bond acceptors (Lipinski definition) is 4. The topological polar surface area (TPSA) is 76.1 Å². The minimum Gasteiger partial charge on any atom is -0.350 e. The maximum Gasteiger partial charge on any atom is 0.221 e. The maximum absolute atomic E-state index is 12.2. The number of rotatable bonds is 8. The lowest BCUT2D eigenvalue weighted by atomic mass is 9.99. The molecule has 0 aliphatic heterocycles. The predicted octanol–water partition coefficient (Wildman–Crippen LogP) is 3.39. The van der Waals surface area contributed by atoms with Gasteiger partial charge in [-0.15, -0.1) is 0 Å². The zero-order valence-electron chi connectivity index (χ0n) is 15.5. The van der Waals surface area contributed by atoms with Crippen molar-refractivity contribution in [2.75, 3.05) is 5.75 Å². The zero-order valence-corrected chi connectivity index (χ0v) is 16.3. The number of nitrogens with one attached hydrogen (secondary N) is 1. The fourth-order valence-corrected chi connectivity index (χ4v) is 3.94. The van der Waals surface area contributed by atoms with Crippen LogP contribution >= 0.6 is 0 Å². The third-order valence-electron chi connectivity index (χ3n) is 4.23. The highest BCUT2D eigenvalue weighted by molar-refractivity contribution is 7.90. The average molecular weight is 375 g/mol. The fraction of sp³-hybridized carbons (Fsp3) is 0.400. The molecule has 5 nitrogen and oxygen atoms in total. The Balaban J connectivity index is 1.85. The molecule has 2 rings (SSSR count). The molecule has 0 radical (unpaired) electrons. The van der Waals surface area contributed by atoms with Crippen molar-refractivity contribution in [1.82, 2.24) is 10.3 Å². The molecular weight excluding hydrogens is 348 g/mol. The molecule has 1 aromatic carbocycles. The summed E-state index contributed by atoms with van der Waals surface area (Å²) >= 11 is 0. The van der Waals surface area contributed by atoms with Gasteiger partial charge in [0.15, 0.2) is 9.84 Å². The van der Waals surface area contributed by atoms with E-state index in [1.165, 1.54) is 11.8 Å². The molecule has 1 aromatic heterocycles. The summed E-state index contributed by atoms with van der Waals surface area (Å²) in [7, 11) is -3.35. The van der Waals surface area contributed by atoms with Crippen LogP contribution in [0.2, 0.25) is 0 Å². The van der Waals surface area contributed by atoms with E-state index >= 15 is 0 Å². The van der Waals surface area contributed by atoms with Crippen molar-refractivity contribution in [3.05, 3.63) is 65.5 Å². The van der Waals surface area contributed by atoms with Crippen molar-refractivity contribution < 1.29 is 13.2 Å². The van der Waals surface area contributed by atoms with E-state index in [0.29, 0.717) is 11.5 Å². The number of amides is 1. The van der Waals surface area contributed by atoms with E-state index in [4.69, 9.17) is 0 Å². The van der Waals surface area contributed by atoms with E-state index in [1.807, 2.05) is 19.1 Å². The van der Waals surface area contributed by atoms with Crippen molar-refractivity contribution in [3.8, 4) is 0 Å². The number of carbonyl (C=O) groups excluding carboxylic acids is 1. The lowest BCUT2D eigenvalue weighted by molar-refractivity contribution is -0.121. The monoisotopic (exact) mass is 374 g/mol. The second-order valence-corrected chi connectivity index (χ2v) is 9.00. The van der Waals surface area contributed by atoms with E-state index in [9.17, 15) is 13.2 Å². The number of aromatic nitrogens is 1. The van der Waals surface area contributed by atoms with E-state index in [2.05, 4.69) is 36.3 Å². The summed E-state index contributed by atoms with van der Waals surface area (Å²) in [6, 6.07) is 11.4. The molecule has 0 aliphatic carbocycles. The van der Waals surface area contributed by atoms with Crippen molar-refractivity contribution in [2.45, 2.75) is 44.9 Å². The molecule has 0 bridgehead atoms. The van der Waals surface area contributed by atoms with Gasteiger partial charge in [-0.3, -0.25) is 9.78 Å². The van der Waals surface area contributed by atoms with Gasteiger partial charge in [0.05, 0.1) is 17.5 Å². The smallest absolute Gasteiger partial charge is 0.221 e. The van der Waals surface area contributed by atoms with Crippen molar-refractivity contribution in [3.63, 3.8) is 0 Å². The number of sulfone groups is 1. The summed E-state index contributed by atoms with van der Waals surface area (Å²) in [4.78, 5) is 16.0. The summed E-state index contributed by atoms with van der Waals surface area (Å²) in [6.07, 6.45) is 3.08. The quantitative estimate of drug-likeness (QED) is 0.768. The van der Waals surface area contributed by atoms with Crippen LogP contribution in [0.25, 0.3) is 0 Å². The lowest BCUT2D eigenvalue weighted by Gasteiger charge is -2.15. The van der Waals surface area contributed by atoms with Crippen LogP contribution in [0.15, 0.2) is 48.8 Å². The molecule has 0 unspecified atom stereocenters. The van der Waals surface area contributed by atoms with Crippen molar-refractivity contribution in [1.29, 1.82) is 0 Å². The molecule has 1 heterocycles. The summed E-state index contributed by atoms with van der Waals surface area (Å²) in [5.74, 6) is -0.0771. The molecule has 0 aliphatic rings. The van der Waals surface area contributed by atoms with Crippen LogP contribution in [-0.2, 0) is 20.4 Å². The van der Waals surface area contributed by atoms with E-state index in [0.717, 1.165) is 5.56 Å². The van der Waals surface area contributed by atoms with Crippen molar-refractivity contribution >= 4 is 15.7 Å². The Morgan fingerprint density at radius 2 is 1.73 bits per heavy atom. The highest BCUT2D eigenvalue weighted by Gasteiger charge is 2.16. The number of pyridine rings is 1. The Morgan fingerprint density at radius 1 is 1.08 bits per heavy atom. The van der Waals surface area contributed by atoms with Crippen LogP contribution in [0, 0.1) is 0 Å². The second kappa shape index (κ2) is 8.94. The van der Waals surface area contributed by atoms with E-state index < -0.39 is 9.84 Å². The first kappa shape index (κ1) is 20.1. The third kappa shape index (κ3) is 6.26. The molecule has 2 aromatic rings. The first-order chi connectivity index (χ1) is 12.3. The van der Waals surface area contributed by atoms with Crippen LogP contribution in [0.1, 0.15) is 55.8 Å². The molecule has 0 spiro atoms. The Morgan fingerprint density at radius 3 is 2.31 bits per heavy atom. The first-order valence-corrected chi connectivity index (χ1v) is 10.6. The summed E-state index contributed by atoms with van der Waals surface area (Å²) in [5, 5.41) is 2.87. The Hall–Kier alpha value is -2.21.